The van der Waals surface area contributed by atoms with Gasteiger partial charge >= 0.3 is 6.18 Å². The maximum atomic E-state index is 11.9. The topological polar surface area (TPSA) is 50.2 Å². The summed E-state index contributed by atoms with van der Waals surface area (Å²) in [5.41, 5.74) is 0.892. The first-order chi connectivity index (χ1) is 8.26. The van der Waals surface area contributed by atoms with Gasteiger partial charge in [-0.3, -0.25) is 14.4 Å². The molecule has 1 amide bonds. The molecule has 0 atom stereocenters. The van der Waals surface area contributed by atoms with Crippen LogP contribution in [0, 0.1) is 0 Å². The third-order valence-corrected chi connectivity index (χ3v) is 2.11. The molecule has 1 N–H and O–H groups in total. The summed E-state index contributed by atoms with van der Waals surface area (Å²) in [6, 6.07) is 0. The Morgan fingerprint density at radius 3 is 2.72 bits per heavy atom. The predicted molar refractivity (Wildman–Crippen MR) is 58.6 cm³/mol. The zero-order valence-corrected chi connectivity index (χ0v) is 10.2. The molecule has 0 aromatic carbocycles. The second-order valence-corrected chi connectivity index (χ2v) is 4.09. The third kappa shape index (κ3) is 5.67. The van der Waals surface area contributed by atoms with Gasteiger partial charge < -0.3 is 5.32 Å². The van der Waals surface area contributed by atoms with Gasteiger partial charge in [-0.05, 0) is 7.05 Å². The minimum Gasteiger partial charge on any atom is -0.346 e. The van der Waals surface area contributed by atoms with E-state index >= 15 is 0 Å². The molecule has 0 aliphatic heterocycles. The number of hydrogen-bond acceptors (Lipinski definition) is 3. The van der Waals surface area contributed by atoms with Crippen molar-refractivity contribution >= 4 is 5.91 Å². The molecule has 0 bridgehead atoms. The minimum absolute atomic E-state index is 0.0923. The van der Waals surface area contributed by atoms with Crippen LogP contribution >= 0.6 is 0 Å². The number of hydrogen-bond donors (Lipinski definition) is 1. The lowest BCUT2D eigenvalue weighted by Gasteiger charge is -2.15. The molecule has 0 spiro atoms. The highest BCUT2D eigenvalue weighted by molar-refractivity contribution is 5.77. The van der Waals surface area contributed by atoms with E-state index in [1.165, 1.54) is 0 Å². The number of amides is 1. The summed E-state index contributed by atoms with van der Waals surface area (Å²) in [4.78, 5) is 12.8. The van der Waals surface area contributed by atoms with E-state index in [1.54, 1.807) is 36.1 Å². The summed E-state index contributed by atoms with van der Waals surface area (Å²) in [6.07, 6.45) is -0.953. The average Bonchev–Trinajstić information content (AvgIpc) is 2.59. The van der Waals surface area contributed by atoms with Gasteiger partial charge in [0.25, 0.3) is 0 Å². The van der Waals surface area contributed by atoms with Gasteiger partial charge in [0, 0.05) is 25.4 Å². The van der Waals surface area contributed by atoms with Crippen LogP contribution in [0.5, 0.6) is 0 Å². The monoisotopic (exact) mass is 264 g/mol. The Kier molecular flexibility index (Phi) is 4.71. The van der Waals surface area contributed by atoms with Crippen molar-refractivity contribution in [1.29, 1.82) is 0 Å². The highest BCUT2D eigenvalue weighted by Gasteiger charge is 2.27. The van der Waals surface area contributed by atoms with Crippen molar-refractivity contribution < 1.29 is 18.0 Å². The van der Waals surface area contributed by atoms with Gasteiger partial charge in [-0.2, -0.15) is 18.3 Å². The molecule has 5 nitrogen and oxygen atoms in total. The molecule has 0 saturated carbocycles. The van der Waals surface area contributed by atoms with E-state index in [-0.39, 0.29) is 6.54 Å². The molecule has 0 aliphatic rings. The second-order valence-electron chi connectivity index (χ2n) is 4.09. The maximum Gasteiger partial charge on any atom is 0.405 e. The van der Waals surface area contributed by atoms with Gasteiger partial charge in [-0.1, -0.05) is 0 Å². The summed E-state index contributed by atoms with van der Waals surface area (Å²) in [7, 11) is 3.42. The van der Waals surface area contributed by atoms with Crippen molar-refractivity contribution in [2.75, 3.05) is 20.1 Å². The normalized spacial score (nSPS) is 11.9. The number of aryl methyl sites for hydroxylation is 1. The summed E-state index contributed by atoms with van der Waals surface area (Å²) >= 11 is 0. The number of nitrogens with zero attached hydrogens (tertiary/aromatic N) is 3. The second kappa shape index (κ2) is 5.85. The van der Waals surface area contributed by atoms with Crippen LogP contribution in [-0.2, 0) is 18.4 Å². The highest BCUT2D eigenvalue weighted by Crippen LogP contribution is 2.12. The van der Waals surface area contributed by atoms with Gasteiger partial charge in [0.1, 0.15) is 6.54 Å². The van der Waals surface area contributed by atoms with Crippen LogP contribution in [0.2, 0.25) is 0 Å². The van der Waals surface area contributed by atoms with Crippen LogP contribution in [0.1, 0.15) is 5.56 Å². The standard InChI is InChI=1S/C10H15F3N4O/c1-16(4-8-3-15-17(2)5-8)6-9(18)14-7-10(11,12)13/h3,5H,4,6-7H2,1-2H3,(H,14,18). The van der Waals surface area contributed by atoms with Crippen molar-refractivity contribution in [3.05, 3.63) is 18.0 Å². The molecule has 0 unspecified atom stereocenters. The molecule has 1 heterocycles. The van der Waals surface area contributed by atoms with Crippen LogP contribution in [0.25, 0.3) is 0 Å². The molecule has 1 rings (SSSR count). The van der Waals surface area contributed by atoms with Gasteiger partial charge in [0.15, 0.2) is 0 Å². The molecule has 0 radical (unpaired) electrons. The van der Waals surface area contributed by atoms with Crippen molar-refractivity contribution in [3.63, 3.8) is 0 Å². The Hall–Kier alpha value is -1.57. The lowest BCUT2D eigenvalue weighted by Crippen LogP contribution is -2.39. The van der Waals surface area contributed by atoms with Crippen LogP contribution in [0.4, 0.5) is 13.2 Å². The van der Waals surface area contributed by atoms with Crippen LogP contribution in [0.3, 0.4) is 0 Å². The Morgan fingerprint density at radius 1 is 1.56 bits per heavy atom. The summed E-state index contributed by atoms with van der Waals surface area (Å²) in [6.45, 7) is -0.940. The molecular weight excluding hydrogens is 249 g/mol. The first-order valence-corrected chi connectivity index (χ1v) is 5.26. The SMILES string of the molecule is CN(CC(=O)NCC(F)(F)F)Cc1cnn(C)c1. The summed E-state index contributed by atoms with van der Waals surface area (Å²) < 4.78 is 37.2. The number of aromatic nitrogens is 2. The highest BCUT2D eigenvalue weighted by atomic mass is 19.4. The van der Waals surface area contributed by atoms with E-state index in [9.17, 15) is 18.0 Å². The number of carbonyl (C=O) groups is 1. The van der Waals surface area contributed by atoms with Crippen molar-refractivity contribution in [2.24, 2.45) is 7.05 Å². The molecule has 102 valence electrons. The predicted octanol–water partition coefficient (Wildman–Crippen LogP) is 0.530. The molecule has 8 heteroatoms. The van der Waals surface area contributed by atoms with Crippen molar-refractivity contribution in [2.45, 2.75) is 12.7 Å². The Morgan fingerprint density at radius 2 is 2.22 bits per heavy atom. The van der Waals surface area contributed by atoms with Crippen molar-refractivity contribution in [1.82, 2.24) is 20.0 Å². The van der Waals surface area contributed by atoms with E-state index in [4.69, 9.17) is 0 Å². The van der Waals surface area contributed by atoms with Crippen LogP contribution in [-0.4, -0.2) is 46.9 Å². The summed E-state index contributed by atoms with van der Waals surface area (Å²) in [5, 5.41) is 5.78. The largest absolute Gasteiger partial charge is 0.405 e. The number of rotatable bonds is 5. The first-order valence-electron chi connectivity index (χ1n) is 5.26. The number of carbonyl (C=O) groups excluding carboxylic acids is 1. The van der Waals surface area contributed by atoms with Crippen molar-refractivity contribution in [3.8, 4) is 0 Å². The van der Waals surface area contributed by atoms with E-state index in [1.807, 2.05) is 5.32 Å². The zero-order chi connectivity index (χ0) is 13.8. The lowest BCUT2D eigenvalue weighted by atomic mass is 10.3. The molecule has 18 heavy (non-hydrogen) atoms. The van der Waals surface area contributed by atoms with E-state index in [2.05, 4.69) is 5.10 Å². The third-order valence-electron chi connectivity index (χ3n) is 2.11. The zero-order valence-electron chi connectivity index (χ0n) is 10.2. The fourth-order valence-corrected chi connectivity index (χ4v) is 1.42. The fourth-order valence-electron chi connectivity index (χ4n) is 1.42. The Balaban J connectivity index is 2.31. The number of likely N-dealkylation sites (N-methyl/N-ethyl adjacent to an activating group) is 1. The quantitative estimate of drug-likeness (QED) is 0.844. The molecule has 1 aromatic rings. The average molecular weight is 264 g/mol. The van der Waals surface area contributed by atoms with E-state index in [0.717, 1.165) is 5.56 Å². The first kappa shape index (κ1) is 14.5. The molecule has 1 aromatic heterocycles. The molecular formula is C10H15F3N4O. The number of alkyl halides is 3. The van der Waals surface area contributed by atoms with Gasteiger partial charge in [0.2, 0.25) is 5.91 Å². The Labute approximate surface area is 103 Å². The fraction of sp³-hybridized carbons (Fsp3) is 0.600. The summed E-state index contributed by atoms with van der Waals surface area (Å²) in [5.74, 6) is -0.654. The minimum atomic E-state index is -4.38. The van der Waals surface area contributed by atoms with Gasteiger partial charge in [-0.15, -0.1) is 0 Å². The van der Waals surface area contributed by atoms with E-state index in [0.29, 0.717) is 6.54 Å². The molecule has 0 aliphatic carbocycles. The lowest BCUT2D eigenvalue weighted by molar-refractivity contribution is -0.138. The van der Waals surface area contributed by atoms with Gasteiger partial charge in [-0.25, -0.2) is 0 Å². The van der Waals surface area contributed by atoms with Crippen LogP contribution in [0.15, 0.2) is 12.4 Å². The number of halogens is 3. The maximum absolute atomic E-state index is 11.9. The smallest absolute Gasteiger partial charge is 0.346 e. The van der Waals surface area contributed by atoms with Gasteiger partial charge in [0.05, 0.1) is 12.7 Å². The van der Waals surface area contributed by atoms with Crippen LogP contribution < -0.4 is 5.32 Å². The number of nitrogens with one attached hydrogen (secondary N) is 1. The Bertz CT molecular complexity index is 402. The molecule has 0 saturated heterocycles. The van der Waals surface area contributed by atoms with E-state index < -0.39 is 18.6 Å². The molecule has 0 fully saturated rings.